The van der Waals surface area contributed by atoms with E-state index in [-0.39, 0.29) is 39.5 Å². The number of amides is 2. The van der Waals surface area contributed by atoms with Gasteiger partial charge in [0.15, 0.2) is 11.5 Å². The first-order valence-corrected chi connectivity index (χ1v) is 15.3. The van der Waals surface area contributed by atoms with E-state index in [1.54, 1.807) is 24.3 Å². The van der Waals surface area contributed by atoms with Crippen molar-refractivity contribution in [3.8, 4) is 39.5 Å². The summed E-state index contributed by atoms with van der Waals surface area (Å²) in [7, 11) is 0. The molecule has 1 aliphatic rings. The molecule has 0 saturated carbocycles. The Balaban J connectivity index is 1.27. The van der Waals surface area contributed by atoms with Gasteiger partial charge in [-0.15, -0.1) is 0 Å². The van der Waals surface area contributed by atoms with Crippen LogP contribution >= 0.6 is 0 Å². The normalized spacial score (nSPS) is 13.9. The van der Waals surface area contributed by atoms with Crippen molar-refractivity contribution in [2.45, 2.75) is 32.7 Å². The highest BCUT2D eigenvalue weighted by Gasteiger charge is 2.23. The number of para-hydroxylation sites is 1. The Hall–Kier alpha value is -5.12. The fraction of sp³-hybridized carbons (Fsp3) is 0.243. The smallest absolute Gasteiger partial charge is 0.323 e. The van der Waals surface area contributed by atoms with Gasteiger partial charge in [0.05, 0.1) is 30.3 Å². The maximum absolute atomic E-state index is 13.4. The van der Waals surface area contributed by atoms with Gasteiger partial charge in [0, 0.05) is 47.9 Å². The van der Waals surface area contributed by atoms with Crippen LogP contribution < -0.4 is 10.6 Å². The van der Waals surface area contributed by atoms with E-state index < -0.39 is 6.03 Å². The minimum Gasteiger partial charge on any atom is -0.505 e. The fourth-order valence-electron chi connectivity index (χ4n) is 5.72. The number of aromatic hydroxyl groups is 3. The first-order valence-electron chi connectivity index (χ1n) is 15.3. The van der Waals surface area contributed by atoms with E-state index in [1.165, 1.54) is 6.07 Å². The van der Waals surface area contributed by atoms with Gasteiger partial charge in [-0.05, 0) is 52.3 Å². The lowest BCUT2D eigenvalue weighted by Crippen LogP contribution is -2.35. The van der Waals surface area contributed by atoms with Crippen molar-refractivity contribution in [3.63, 3.8) is 0 Å². The number of morpholine rings is 1. The lowest BCUT2D eigenvalue weighted by Gasteiger charge is -2.26. The number of rotatable bonds is 6. The van der Waals surface area contributed by atoms with Crippen molar-refractivity contribution in [2.24, 2.45) is 0 Å². The highest BCUT2D eigenvalue weighted by molar-refractivity contribution is 6.10. The topological polar surface area (TPSA) is 127 Å². The van der Waals surface area contributed by atoms with Crippen LogP contribution in [0.3, 0.4) is 0 Å². The van der Waals surface area contributed by atoms with Crippen LogP contribution in [0.4, 0.5) is 16.2 Å². The molecule has 0 spiro atoms. The van der Waals surface area contributed by atoms with Gasteiger partial charge < -0.3 is 30.7 Å². The summed E-state index contributed by atoms with van der Waals surface area (Å²) in [4.78, 5) is 20.5. The van der Waals surface area contributed by atoms with E-state index in [9.17, 15) is 20.1 Å². The molecule has 4 aromatic carbocycles. The largest absolute Gasteiger partial charge is 0.505 e. The Morgan fingerprint density at radius 1 is 0.804 bits per heavy atom. The average Bonchev–Trinajstić information content (AvgIpc) is 3.04. The molecule has 1 saturated heterocycles. The number of ether oxygens (including phenoxy) is 1. The number of benzene rings is 4. The maximum atomic E-state index is 13.4. The summed E-state index contributed by atoms with van der Waals surface area (Å²) in [6.45, 7) is 10.1. The first-order chi connectivity index (χ1) is 22.1. The molecule has 0 radical (unpaired) electrons. The van der Waals surface area contributed by atoms with Gasteiger partial charge in [-0.25, -0.2) is 4.79 Å². The standard InChI is InChI=1S/C37H38N4O5/c1-37(2,3)24-19-30(29-9-6-10-33(42)35(29)44)34(43)32(20-24)40-36(45)39-31-14-13-26(27-7-4-5-8-28(27)31)23-11-12-25(38-21-23)22-41-15-17-46-18-16-41/h4-14,19-21,42-44H,15-18,22H2,1-3H3,(H2,39,40,45). The number of phenolic OH excluding ortho intramolecular Hbond substituents is 3. The van der Waals surface area contributed by atoms with E-state index in [4.69, 9.17) is 9.72 Å². The third kappa shape index (κ3) is 6.47. The minimum absolute atomic E-state index is 0.173. The lowest BCUT2D eigenvalue weighted by molar-refractivity contribution is 0.0336. The van der Waals surface area contributed by atoms with Crippen LogP contribution in [0.25, 0.3) is 33.0 Å². The molecular weight excluding hydrogens is 580 g/mol. The third-order valence-electron chi connectivity index (χ3n) is 8.33. The van der Waals surface area contributed by atoms with Crippen molar-refractivity contribution in [2.75, 3.05) is 36.9 Å². The number of carbonyl (C=O) groups is 1. The molecular formula is C37H38N4O5. The van der Waals surface area contributed by atoms with Gasteiger partial charge in [-0.2, -0.15) is 0 Å². The number of anilines is 2. The van der Waals surface area contributed by atoms with E-state index in [1.807, 2.05) is 63.4 Å². The molecule has 236 valence electrons. The molecule has 9 heteroatoms. The van der Waals surface area contributed by atoms with Gasteiger partial charge in [0.1, 0.15) is 5.75 Å². The number of hydrogen-bond donors (Lipinski definition) is 5. The van der Waals surface area contributed by atoms with Crippen LogP contribution in [-0.2, 0) is 16.7 Å². The molecule has 1 aliphatic heterocycles. The fourth-order valence-corrected chi connectivity index (χ4v) is 5.72. The van der Waals surface area contributed by atoms with Crippen molar-refractivity contribution in [1.82, 2.24) is 9.88 Å². The van der Waals surface area contributed by atoms with E-state index in [0.717, 1.165) is 66.0 Å². The number of urea groups is 1. The Morgan fingerprint density at radius 3 is 2.26 bits per heavy atom. The zero-order valence-corrected chi connectivity index (χ0v) is 26.2. The van der Waals surface area contributed by atoms with Crippen molar-refractivity contribution >= 4 is 28.2 Å². The lowest BCUT2D eigenvalue weighted by atomic mass is 9.84. The molecule has 6 rings (SSSR count). The Bertz CT molecular complexity index is 1890. The molecule has 0 atom stereocenters. The second-order valence-electron chi connectivity index (χ2n) is 12.6. The molecule has 1 aromatic heterocycles. The molecule has 0 bridgehead atoms. The summed E-state index contributed by atoms with van der Waals surface area (Å²) in [6, 6.07) is 23.3. The maximum Gasteiger partial charge on any atom is 0.323 e. The number of phenols is 3. The van der Waals surface area contributed by atoms with Gasteiger partial charge in [-0.3, -0.25) is 9.88 Å². The number of fused-ring (bicyclic) bond motifs is 1. The minimum atomic E-state index is -0.542. The average molecular weight is 619 g/mol. The Kier molecular flexibility index (Phi) is 8.53. The summed E-state index contributed by atoms with van der Waals surface area (Å²) in [5.41, 5.74) is 4.76. The zero-order valence-electron chi connectivity index (χ0n) is 26.2. The second kappa shape index (κ2) is 12.7. The Morgan fingerprint density at radius 2 is 1.54 bits per heavy atom. The summed E-state index contributed by atoms with van der Waals surface area (Å²) < 4.78 is 5.45. The molecule has 0 aliphatic carbocycles. The van der Waals surface area contributed by atoms with Crippen LogP contribution in [-0.4, -0.2) is 57.5 Å². The van der Waals surface area contributed by atoms with Gasteiger partial charge in [-0.1, -0.05) is 69.3 Å². The Labute approximate surface area is 268 Å². The van der Waals surface area contributed by atoms with E-state index >= 15 is 0 Å². The molecule has 46 heavy (non-hydrogen) atoms. The number of aromatic nitrogens is 1. The summed E-state index contributed by atoms with van der Waals surface area (Å²) in [5.74, 6) is -0.887. The molecule has 0 unspecified atom stereocenters. The van der Waals surface area contributed by atoms with Crippen LogP contribution in [0.15, 0.2) is 85.1 Å². The first kappa shape index (κ1) is 30.9. The molecule has 2 heterocycles. The molecule has 2 amide bonds. The molecule has 9 nitrogen and oxygen atoms in total. The van der Waals surface area contributed by atoms with Gasteiger partial charge >= 0.3 is 6.03 Å². The second-order valence-corrected chi connectivity index (χ2v) is 12.6. The third-order valence-corrected chi connectivity index (χ3v) is 8.33. The predicted molar refractivity (Wildman–Crippen MR) is 181 cm³/mol. The summed E-state index contributed by atoms with van der Waals surface area (Å²) in [5, 5.41) is 39.5. The predicted octanol–water partition coefficient (Wildman–Crippen LogP) is 7.46. The van der Waals surface area contributed by atoms with Crippen molar-refractivity contribution < 1.29 is 24.9 Å². The van der Waals surface area contributed by atoms with Gasteiger partial charge in [0.25, 0.3) is 0 Å². The van der Waals surface area contributed by atoms with Crippen LogP contribution in [0.1, 0.15) is 32.0 Å². The number of carbonyl (C=O) groups excluding carboxylic acids is 1. The summed E-state index contributed by atoms with van der Waals surface area (Å²) >= 11 is 0. The monoisotopic (exact) mass is 618 g/mol. The van der Waals surface area contributed by atoms with Crippen molar-refractivity contribution in [1.29, 1.82) is 0 Å². The van der Waals surface area contributed by atoms with Gasteiger partial charge in [0.2, 0.25) is 0 Å². The van der Waals surface area contributed by atoms with E-state index in [0.29, 0.717) is 5.69 Å². The summed E-state index contributed by atoms with van der Waals surface area (Å²) in [6.07, 6.45) is 1.89. The zero-order chi connectivity index (χ0) is 32.4. The van der Waals surface area contributed by atoms with Crippen LogP contribution in [0, 0.1) is 0 Å². The quantitative estimate of drug-likeness (QED) is 0.125. The number of pyridine rings is 1. The van der Waals surface area contributed by atoms with Crippen LogP contribution in [0.2, 0.25) is 0 Å². The highest BCUT2D eigenvalue weighted by atomic mass is 16.5. The van der Waals surface area contributed by atoms with E-state index in [2.05, 4.69) is 27.7 Å². The molecule has 5 N–H and O–H groups in total. The number of nitrogens with one attached hydrogen (secondary N) is 2. The van der Waals surface area contributed by atoms with Crippen molar-refractivity contribution in [3.05, 3.63) is 96.3 Å². The highest BCUT2D eigenvalue weighted by Crippen LogP contribution is 2.45. The number of nitrogens with zero attached hydrogens (tertiary/aromatic N) is 2. The molecule has 1 fully saturated rings. The SMILES string of the molecule is CC(C)(C)c1cc(NC(=O)Nc2ccc(-c3ccc(CN4CCOCC4)nc3)c3ccccc23)c(O)c(-c2cccc(O)c2O)c1. The number of hydrogen-bond acceptors (Lipinski definition) is 7. The molecule has 5 aromatic rings. The van der Waals surface area contributed by atoms with Crippen LogP contribution in [0.5, 0.6) is 17.2 Å².